The van der Waals surface area contributed by atoms with E-state index in [2.05, 4.69) is 5.32 Å². The van der Waals surface area contributed by atoms with E-state index in [9.17, 15) is 14.4 Å². The van der Waals surface area contributed by atoms with Crippen LogP contribution in [-0.2, 0) is 16.1 Å². The lowest BCUT2D eigenvalue weighted by Gasteiger charge is -2.13. The molecule has 0 spiro atoms. The maximum atomic E-state index is 12.4. The van der Waals surface area contributed by atoms with Crippen LogP contribution in [0.1, 0.15) is 46.0 Å². The lowest BCUT2D eigenvalue weighted by molar-refractivity contribution is -0.123. The van der Waals surface area contributed by atoms with Gasteiger partial charge in [-0.1, -0.05) is 0 Å². The molecule has 25 heavy (non-hydrogen) atoms. The van der Waals surface area contributed by atoms with Gasteiger partial charge in [0.15, 0.2) is 6.10 Å². The van der Waals surface area contributed by atoms with E-state index in [1.54, 1.807) is 11.4 Å². The normalized spacial score (nSPS) is 11.8. The number of primary amides is 1. The summed E-state index contributed by atoms with van der Waals surface area (Å²) in [5.74, 6) is -1.72. The highest BCUT2D eigenvalue weighted by Crippen LogP contribution is 2.23. The molecule has 0 saturated heterocycles. The summed E-state index contributed by atoms with van der Waals surface area (Å²) in [5, 5.41) is 4.55. The third-order valence-electron chi connectivity index (χ3n) is 3.93. The summed E-state index contributed by atoms with van der Waals surface area (Å²) in [5.41, 5.74) is 7.66. The molecular formula is C17H21N3O4S. The fraction of sp³-hybridized carbons (Fsp3) is 0.353. The van der Waals surface area contributed by atoms with Gasteiger partial charge < -0.3 is 20.4 Å². The average Bonchev–Trinajstić information content (AvgIpc) is 3.11. The molecule has 2 amide bonds. The van der Waals surface area contributed by atoms with Gasteiger partial charge in [-0.3, -0.25) is 9.59 Å². The maximum absolute atomic E-state index is 12.4. The van der Waals surface area contributed by atoms with Crippen molar-refractivity contribution in [1.82, 2.24) is 4.57 Å². The second-order valence-electron chi connectivity index (χ2n) is 5.59. The SMILES string of the molecule is CCn1c(C)cc(C(=O)OC(C)C(=O)Nc2sccc2C(N)=O)c1C. The number of nitrogens with one attached hydrogen (secondary N) is 1. The van der Waals surface area contributed by atoms with Gasteiger partial charge in [-0.05, 0) is 45.2 Å². The third kappa shape index (κ3) is 3.90. The van der Waals surface area contributed by atoms with Crippen molar-refractivity contribution in [3.8, 4) is 0 Å². The zero-order chi connectivity index (χ0) is 18.7. The molecule has 0 saturated carbocycles. The van der Waals surface area contributed by atoms with E-state index < -0.39 is 23.9 Å². The molecule has 1 unspecified atom stereocenters. The van der Waals surface area contributed by atoms with E-state index in [1.807, 2.05) is 25.3 Å². The van der Waals surface area contributed by atoms with Gasteiger partial charge in [0.1, 0.15) is 5.00 Å². The molecule has 0 aliphatic carbocycles. The zero-order valence-corrected chi connectivity index (χ0v) is 15.4. The van der Waals surface area contributed by atoms with Crippen molar-refractivity contribution in [2.75, 3.05) is 5.32 Å². The number of carbonyl (C=O) groups is 3. The molecule has 1 atom stereocenters. The number of hydrogen-bond acceptors (Lipinski definition) is 5. The highest BCUT2D eigenvalue weighted by atomic mass is 32.1. The minimum atomic E-state index is -1.01. The van der Waals surface area contributed by atoms with Crippen molar-refractivity contribution in [2.24, 2.45) is 5.73 Å². The molecule has 7 nitrogen and oxygen atoms in total. The molecule has 0 aromatic carbocycles. The molecule has 3 N–H and O–H groups in total. The summed E-state index contributed by atoms with van der Waals surface area (Å²) in [4.78, 5) is 35.9. The van der Waals surface area contributed by atoms with Crippen LogP contribution in [-0.4, -0.2) is 28.5 Å². The van der Waals surface area contributed by atoms with Crippen LogP contribution in [0.2, 0.25) is 0 Å². The van der Waals surface area contributed by atoms with Gasteiger partial charge in [0.05, 0.1) is 11.1 Å². The fourth-order valence-corrected chi connectivity index (χ4v) is 3.38. The predicted molar refractivity (Wildman–Crippen MR) is 95.9 cm³/mol. The van der Waals surface area contributed by atoms with Crippen molar-refractivity contribution in [3.63, 3.8) is 0 Å². The van der Waals surface area contributed by atoms with Gasteiger partial charge in [-0.2, -0.15) is 0 Å². The van der Waals surface area contributed by atoms with Crippen LogP contribution < -0.4 is 11.1 Å². The molecule has 2 aromatic heterocycles. The van der Waals surface area contributed by atoms with Gasteiger partial charge in [0.25, 0.3) is 11.8 Å². The van der Waals surface area contributed by atoms with Crippen LogP contribution in [0, 0.1) is 13.8 Å². The summed E-state index contributed by atoms with van der Waals surface area (Å²) >= 11 is 1.17. The second kappa shape index (κ2) is 7.52. The first-order valence-corrected chi connectivity index (χ1v) is 8.70. The number of aromatic nitrogens is 1. The van der Waals surface area contributed by atoms with E-state index in [0.717, 1.165) is 17.9 Å². The highest BCUT2D eigenvalue weighted by Gasteiger charge is 2.23. The van der Waals surface area contributed by atoms with Crippen molar-refractivity contribution in [3.05, 3.63) is 40.0 Å². The largest absolute Gasteiger partial charge is 0.449 e. The maximum Gasteiger partial charge on any atom is 0.340 e. The summed E-state index contributed by atoms with van der Waals surface area (Å²) in [6.45, 7) is 7.95. The smallest absolute Gasteiger partial charge is 0.340 e. The monoisotopic (exact) mass is 363 g/mol. The number of nitrogens with zero attached hydrogens (tertiary/aromatic N) is 1. The first-order valence-electron chi connectivity index (χ1n) is 7.82. The Morgan fingerprint density at radius 1 is 1.32 bits per heavy atom. The minimum Gasteiger partial charge on any atom is -0.449 e. The number of aryl methyl sites for hydroxylation is 1. The van der Waals surface area contributed by atoms with Crippen LogP contribution in [0.4, 0.5) is 5.00 Å². The molecule has 2 rings (SSSR count). The Kier molecular flexibility index (Phi) is 5.63. The fourth-order valence-electron chi connectivity index (χ4n) is 2.59. The van der Waals surface area contributed by atoms with Crippen LogP contribution in [0.3, 0.4) is 0 Å². The number of esters is 1. The molecule has 0 fully saturated rings. The summed E-state index contributed by atoms with van der Waals surface area (Å²) in [6, 6.07) is 3.27. The molecule has 2 heterocycles. The van der Waals surface area contributed by atoms with Crippen molar-refractivity contribution in [2.45, 2.75) is 40.3 Å². The van der Waals surface area contributed by atoms with E-state index in [1.165, 1.54) is 24.3 Å². The number of hydrogen-bond donors (Lipinski definition) is 2. The van der Waals surface area contributed by atoms with Crippen LogP contribution in [0.25, 0.3) is 0 Å². The van der Waals surface area contributed by atoms with E-state index in [4.69, 9.17) is 10.5 Å². The summed E-state index contributed by atoms with van der Waals surface area (Å²) in [6.07, 6.45) is -1.01. The first kappa shape index (κ1) is 18.7. The number of amides is 2. The van der Waals surface area contributed by atoms with Gasteiger partial charge >= 0.3 is 5.97 Å². The van der Waals surface area contributed by atoms with Gasteiger partial charge in [0, 0.05) is 17.9 Å². The average molecular weight is 363 g/mol. The summed E-state index contributed by atoms with van der Waals surface area (Å²) < 4.78 is 7.26. The van der Waals surface area contributed by atoms with Crippen molar-refractivity contribution >= 4 is 34.1 Å². The summed E-state index contributed by atoms with van der Waals surface area (Å²) in [7, 11) is 0. The van der Waals surface area contributed by atoms with E-state index >= 15 is 0 Å². The molecule has 2 aromatic rings. The van der Waals surface area contributed by atoms with E-state index in [0.29, 0.717) is 10.6 Å². The Balaban J connectivity index is 2.07. The van der Waals surface area contributed by atoms with Crippen LogP contribution >= 0.6 is 11.3 Å². The molecule has 8 heteroatoms. The van der Waals surface area contributed by atoms with Gasteiger partial charge in [-0.15, -0.1) is 11.3 Å². The zero-order valence-electron chi connectivity index (χ0n) is 14.6. The van der Waals surface area contributed by atoms with E-state index in [-0.39, 0.29) is 5.56 Å². The number of rotatable bonds is 6. The number of nitrogens with two attached hydrogens (primary N) is 1. The Hall–Kier alpha value is -2.61. The molecular weight excluding hydrogens is 342 g/mol. The molecule has 134 valence electrons. The first-order chi connectivity index (χ1) is 11.8. The minimum absolute atomic E-state index is 0.225. The molecule has 0 aliphatic heterocycles. The van der Waals surface area contributed by atoms with Crippen LogP contribution in [0.15, 0.2) is 17.5 Å². The Morgan fingerprint density at radius 2 is 2.00 bits per heavy atom. The van der Waals surface area contributed by atoms with Gasteiger partial charge in [-0.25, -0.2) is 4.79 Å². The quantitative estimate of drug-likeness (QED) is 0.769. The predicted octanol–water partition coefficient (Wildman–Crippen LogP) is 2.47. The van der Waals surface area contributed by atoms with Gasteiger partial charge in [0.2, 0.25) is 0 Å². The van der Waals surface area contributed by atoms with Crippen LogP contribution in [0.5, 0.6) is 0 Å². The molecule has 0 radical (unpaired) electrons. The highest BCUT2D eigenvalue weighted by molar-refractivity contribution is 7.14. The topological polar surface area (TPSA) is 103 Å². The number of ether oxygens (including phenoxy) is 1. The lowest BCUT2D eigenvalue weighted by Crippen LogP contribution is -2.30. The van der Waals surface area contributed by atoms with Crippen molar-refractivity contribution in [1.29, 1.82) is 0 Å². The third-order valence-corrected chi connectivity index (χ3v) is 4.76. The Morgan fingerprint density at radius 3 is 2.56 bits per heavy atom. The second-order valence-corrected chi connectivity index (χ2v) is 6.51. The number of thiophene rings is 1. The molecule has 0 aliphatic rings. The standard InChI is InChI=1S/C17H21N3O4S/c1-5-20-9(2)8-13(10(20)3)17(23)24-11(4)15(22)19-16-12(14(18)21)6-7-25-16/h6-8,11H,5H2,1-4H3,(H2,18,21)(H,19,22). The van der Waals surface area contributed by atoms with Crippen molar-refractivity contribution < 1.29 is 19.1 Å². The molecule has 0 bridgehead atoms. The Bertz CT molecular complexity index is 822. The lowest BCUT2D eigenvalue weighted by atomic mass is 10.2. The number of anilines is 1. The number of carbonyl (C=O) groups excluding carboxylic acids is 3. The Labute approximate surface area is 149 Å².